The van der Waals surface area contributed by atoms with Gasteiger partial charge in [0.2, 0.25) is 0 Å². The number of para-hydroxylation sites is 1. The number of rotatable bonds is 8. The average molecular weight is 643 g/mol. The molecule has 4 aromatic carbocycles. The third-order valence-electron chi connectivity index (χ3n) is 7.82. The van der Waals surface area contributed by atoms with Crippen molar-refractivity contribution in [1.29, 1.82) is 0 Å². The summed E-state index contributed by atoms with van der Waals surface area (Å²) in [7, 11) is 0. The zero-order chi connectivity index (χ0) is 32.2. The quantitative estimate of drug-likeness (QED) is 0.173. The van der Waals surface area contributed by atoms with Crippen molar-refractivity contribution in [3.8, 4) is 22.9 Å². The van der Waals surface area contributed by atoms with E-state index in [1.54, 1.807) is 12.1 Å². The Morgan fingerprint density at radius 3 is 1.55 bits per heavy atom. The number of furan rings is 2. The highest BCUT2D eigenvalue weighted by Gasteiger charge is 2.17. The number of nitrogens with zero attached hydrogens (tertiary/aromatic N) is 4. The third kappa shape index (κ3) is 6.48. The van der Waals surface area contributed by atoms with Gasteiger partial charge in [-0.3, -0.25) is 9.36 Å². The molecule has 0 atom stereocenters. The van der Waals surface area contributed by atoms with Crippen LogP contribution in [0.2, 0.25) is 5.02 Å². The van der Waals surface area contributed by atoms with Gasteiger partial charge in [-0.05, 0) is 59.7 Å². The lowest BCUT2D eigenvalue weighted by Gasteiger charge is -2.03. The molecule has 0 saturated heterocycles. The van der Waals surface area contributed by atoms with Crippen molar-refractivity contribution in [3.63, 3.8) is 0 Å². The lowest BCUT2D eigenvalue weighted by Crippen LogP contribution is -2.01. The second-order valence-electron chi connectivity index (χ2n) is 11.0. The SMILES string of the molecule is OCc1ccc(-c2nn(Cc3ccccc3)c3cc(Cl)ccc23)o1.OCc1ccc(-c2nn(Cc3ccccc3)c3ccccc23)o1. The van der Waals surface area contributed by atoms with Crippen LogP contribution in [0.15, 0.2) is 136 Å². The maximum absolute atomic E-state index is 9.21. The minimum atomic E-state index is -0.130. The number of aliphatic hydroxyl groups excluding tert-OH is 2. The number of fused-ring (bicyclic) bond motifs is 2. The number of hydrogen-bond acceptors (Lipinski definition) is 6. The molecule has 0 spiro atoms. The van der Waals surface area contributed by atoms with E-state index in [0.717, 1.165) is 38.8 Å². The van der Waals surface area contributed by atoms with Crippen LogP contribution in [0.4, 0.5) is 0 Å². The van der Waals surface area contributed by atoms with Crippen LogP contribution in [0.1, 0.15) is 22.6 Å². The maximum atomic E-state index is 9.21. The van der Waals surface area contributed by atoms with Gasteiger partial charge in [0.25, 0.3) is 0 Å². The third-order valence-corrected chi connectivity index (χ3v) is 8.06. The van der Waals surface area contributed by atoms with E-state index in [4.69, 9.17) is 30.6 Å². The van der Waals surface area contributed by atoms with Gasteiger partial charge in [0, 0.05) is 15.8 Å². The molecule has 9 heteroatoms. The van der Waals surface area contributed by atoms with E-state index in [1.165, 1.54) is 5.56 Å². The van der Waals surface area contributed by atoms with Crippen LogP contribution < -0.4 is 0 Å². The molecule has 4 heterocycles. The highest BCUT2D eigenvalue weighted by Crippen LogP contribution is 2.32. The summed E-state index contributed by atoms with van der Waals surface area (Å²) in [4.78, 5) is 0. The minimum absolute atomic E-state index is 0.108. The Balaban J connectivity index is 0.000000150. The first kappa shape index (κ1) is 30.3. The van der Waals surface area contributed by atoms with E-state index < -0.39 is 0 Å². The van der Waals surface area contributed by atoms with Crippen LogP contribution >= 0.6 is 11.6 Å². The smallest absolute Gasteiger partial charge is 0.155 e. The Morgan fingerprint density at radius 1 is 0.532 bits per heavy atom. The molecular weight excluding hydrogens is 612 g/mol. The first-order valence-corrected chi connectivity index (χ1v) is 15.6. The van der Waals surface area contributed by atoms with Crippen LogP contribution in [0.5, 0.6) is 0 Å². The molecule has 47 heavy (non-hydrogen) atoms. The van der Waals surface area contributed by atoms with E-state index in [0.29, 0.717) is 41.2 Å². The number of hydrogen-bond donors (Lipinski definition) is 2. The molecule has 2 N–H and O–H groups in total. The Hall–Kier alpha value is -5.41. The molecule has 0 fully saturated rings. The van der Waals surface area contributed by atoms with Gasteiger partial charge in [0.05, 0.1) is 24.1 Å². The van der Waals surface area contributed by atoms with Gasteiger partial charge in [-0.1, -0.05) is 90.5 Å². The lowest BCUT2D eigenvalue weighted by molar-refractivity contribution is 0.248. The topological polar surface area (TPSA) is 102 Å². The molecular formula is C38H31ClN4O4. The number of aliphatic hydroxyl groups is 2. The molecule has 0 saturated carbocycles. The Morgan fingerprint density at radius 2 is 1.02 bits per heavy atom. The van der Waals surface area contributed by atoms with E-state index in [1.807, 2.05) is 94.3 Å². The van der Waals surface area contributed by atoms with Crippen molar-refractivity contribution in [2.75, 3.05) is 0 Å². The highest BCUT2D eigenvalue weighted by atomic mass is 35.5. The predicted molar refractivity (Wildman–Crippen MR) is 183 cm³/mol. The largest absolute Gasteiger partial charge is 0.457 e. The first-order chi connectivity index (χ1) is 23.1. The number of benzene rings is 4. The van der Waals surface area contributed by atoms with Crippen molar-refractivity contribution in [2.45, 2.75) is 26.3 Å². The van der Waals surface area contributed by atoms with Gasteiger partial charge in [-0.25, -0.2) is 0 Å². The first-order valence-electron chi connectivity index (χ1n) is 15.2. The molecule has 8 nitrogen and oxygen atoms in total. The zero-order valence-corrected chi connectivity index (χ0v) is 26.1. The molecule has 8 rings (SSSR count). The van der Waals surface area contributed by atoms with Crippen LogP contribution in [0.25, 0.3) is 44.7 Å². The van der Waals surface area contributed by atoms with Gasteiger partial charge >= 0.3 is 0 Å². The van der Waals surface area contributed by atoms with E-state index in [2.05, 4.69) is 30.3 Å². The summed E-state index contributed by atoms with van der Waals surface area (Å²) in [6.45, 7) is 1.11. The summed E-state index contributed by atoms with van der Waals surface area (Å²) in [5, 5.41) is 30.5. The monoisotopic (exact) mass is 642 g/mol. The molecule has 0 aliphatic rings. The van der Waals surface area contributed by atoms with Crippen LogP contribution in [-0.4, -0.2) is 29.8 Å². The fourth-order valence-electron chi connectivity index (χ4n) is 5.57. The Bertz CT molecular complexity index is 2250. The predicted octanol–water partition coefficient (Wildman–Crippen LogP) is 8.33. The number of halogens is 1. The Kier molecular flexibility index (Phi) is 8.70. The average Bonchev–Trinajstić information content (AvgIpc) is 3.92. The van der Waals surface area contributed by atoms with Gasteiger partial charge in [-0.2, -0.15) is 10.2 Å². The van der Waals surface area contributed by atoms with Crippen molar-refractivity contribution in [3.05, 3.63) is 155 Å². The van der Waals surface area contributed by atoms with Gasteiger partial charge in [-0.15, -0.1) is 0 Å². The van der Waals surface area contributed by atoms with Gasteiger partial charge in [0.15, 0.2) is 11.5 Å². The molecule has 0 amide bonds. The van der Waals surface area contributed by atoms with E-state index in [9.17, 15) is 10.2 Å². The molecule has 0 aliphatic heterocycles. The lowest BCUT2D eigenvalue weighted by atomic mass is 10.2. The second-order valence-corrected chi connectivity index (χ2v) is 11.4. The van der Waals surface area contributed by atoms with E-state index in [-0.39, 0.29) is 13.2 Å². The zero-order valence-electron chi connectivity index (χ0n) is 25.3. The molecule has 0 aliphatic carbocycles. The molecule has 0 unspecified atom stereocenters. The van der Waals surface area contributed by atoms with Crippen LogP contribution in [0, 0.1) is 0 Å². The summed E-state index contributed by atoms with van der Waals surface area (Å²) < 4.78 is 15.2. The minimum Gasteiger partial charge on any atom is -0.457 e. The number of aromatic nitrogens is 4. The standard InChI is InChI=1S/C19H15ClN2O2.C19H16N2O2/c20-14-6-8-16-17(10-14)22(11-13-4-2-1-3-5-13)21-19(16)18-9-7-15(12-23)24-18;22-13-15-10-11-18(23-15)19-16-8-4-5-9-17(16)21(20-19)12-14-6-2-1-3-7-14/h1-10,23H,11-12H2;1-11,22H,12-13H2. The van der Waals surface area contributed by atoms with Gasteiger partial charge in [0.1, 0.15) is 36.1 Å². The summed E-state index contributed by atoms with van der Waals surface area (Å²) in [6.07, 6.45) is 0. The van der Waals surface area contributed by atoms with Crippen LogP contribution in [-0.2, 0) is 26.3 Å². The molecule has 8 aromatic rings. The second kappa shape index (κ2) is 13.5. The highest BCUT2D eigenvalue weighted by molar-refractivity contribution is 6.31. The van der Waals surface area contributed by atoms with Gasteiger partial charge < -0.3 is 19.0 Å². The molecule has 0 bridgehead atoms. The maximum Gasteiger partial charge on any atom is 0.155 e. The fourth-order valence-corrected chi connectivity index (χ4v) is 5.74. The molecule has 4 aromatic heterocycles. The van der Waals surface area contributed by atoms with E-state index >= 15 is 0 Å². The van der Waals surface area contributed by atoms with Crippen molar-refractivity contribution >= 4 is 33.4 Å². The fraction of sp³-hybridized carbons (Fsp3) is 0.105. The normalized spacial score (nSPS) is 11.2. The van der Waals surface area contributed by atoms with Crippen molar-refractivity contribution in [1.82, 2.24) is 19.6 Å². The summed E-state index contributed by atoms with van der Waals surface area (Å²) >= 11 is 6.18. The Labute approximate surface area is 275 Å². The summed E-state index contributed by atoms with van der Waals surface area (Å²) in [6, 6.07) is 41.4. The summed E-state index contributed by atoms with van der Waals surface area (Å²) in [5.74, 6) is 2.38. The molecule has 0 radical (unpaired) electrons. The van der Waals surface area contributed by atoms with Crippen molar-refractivity contribution < 1.29 is 19.0 Å². The summed E-state index contributed by atoms with van der Waals surface area (Å²) in [5.41, 5.74) is 5.91. The molecule has 234 valence electrons. The van der Waals surface area contributed by atoms with Crippen molar-refractivity contribution in [2.24, 2.45) is 0 Å². The van der Waals surface area contributed by atoms with Crippen LogP contribution in [0.3, 0.4) is 0 Å².